The number of carbonyl (C=O) groups excluding carboxylic acids is 1. The van der Waals surface area contributed by atoms with Gasteiger partial charge in [-0.15, -0.1) is 11.3 Å². The highest BCUT2D eigenvalue weighted by molar-refractivity contribution is 7.10. The molecule has 1 aromatic rings. The summed E-state index contributed by atoms with van der Waals surface area (Å²) in [5.41, 5.74) is 5.79. The molecule has 78 valence electrons. The van der Waals surface area contributed by atoms with Crippen molar-refractivity contribution >= 4 is 28.9 Å². The molecule has 0 aliphatic rings. The van der Waals surface area contributed by atoms with E-state index in [2.05, 4.69) is 0 Å². The first-order chi connectivity index (χ1) is 6.63. The molecule has 0 spiro atoms. The molecular formula is C9H12ClNO2S. The smallest absolute Gasteiger partial charge is 0.307 e. The minimum Gasteiger partial charge on any atom is -0.466 e. The SMILES string of the molecule is CCOC(=O)C[C@H](N)c1cc(Cl)cs1. The lowest BCUT2D eigenvalue weighted by atomic mass is 10.2. The molecule has 3 nitrogen and oxygen atoms in total. The van der Waals surface area contributed by atoms with Crippen LogP contribution in [-0.4, -0.2) is 12.6 Å². The third-order valence-corrected chi connectivity index (χ3v) is 3.06. The average Bonchev–Trinajstić information content (AvgIpc) is 2.52. The number of esters is 1. The average molecular weight is 234 g/mol. The summed E-state index contributed by atoms with van der Waals surface area (Å²) in [6, 6.07) is 1.46. The van der Waals surface area contributed by atoms with Gasteiger partial charge >= 0.3 is 5.97 Å². The van der Waals surface area contributed by atoms with Crippen molar-refractivity contribution in [2.24, 2.45) is 5.73 Å². The van der Waals surface area contributed by atoms with Crippen molar-refractivity contribution < 1.29 is 9.53 Å². The number of nitrogens with two attached hydrogens (primary N) is 1. The summed E-state index contributed by atoms with van der Waals surface area (Å²) >= 11 is 7.19. The molecule has 0 fully saturated rings. The monoisotopic (exact) mass is 233 g/mol. The quantitative estimate of drug-likeness (QED) is 0.813. The zero-order chi connectivity index (χ0) is 10.6. The summed E-state index contributed by atoms with van der Waals surface area (Å²) in [5, 5.41) is 2.45. The zero-order valence-electron chi connectivity index (χ0n) is 7.83. The Balaban J connectivity index is 2.50. The van der Waals surface area contributed by atoms with Gasteiger partial charge in [-0.05, 0) is 13.0 Å². The molecular weight excluding hydrogens is 222 g/mol. The first-order valence-corrected chi connectivity index (χ1v) is 5.54. The lowest BCUT2D eigenvalue weighted by molar-refractivity contribution is -0.143. The molecule has 2 N–H and O–H groups in total. The molecule has 14 heavy (non-hydrogen) atoms. The Morgan fingerprint density at radius 1 is 1.79 bits per heavy atom. The van der Waals surface area contributed by atoms with E-state index in [9.17, 15) is 4.79 Å². The Hall–Kier alpha value is -0.580. The number of halogens is 1. The molecule has 0 aliphatic heterocycles. The van der Waals surface area contributed by atoms with Gasteiger partial charge in [-0.25, -0.2) is 0 Å². The van der Waals surface area contributed by atoms with E-state index in [1.165, 1.54) is 11.3 Å². The molecule has 0 saturated carbocycles. The summed E-state index contributed by atoms with van der Waals surface area (Å²) in [5.74, 6) is -0.274. The molecule has 0 radical (unpaired) electrons. The Morgan fingerprint density at radius 3 is 3.00 bits per heavy atom. The molecule has 0 aliphatic carbocycles. The molecule has 5 heteroatoms. The minimum absolute atomic E-state index is 0.199. The van der Waals surface area contributed by atoms with Crippen LogP contribution in [0, 0.1) is 0 Å². The van der Waals surface area contributed by atoms with Gasteiger partial charge in [0.25, 0.3) is 0 Å². The topological polar surface area (TPSA) is 52.3 Å². The third kappa shape index (κ3) is 3.29. The lowest BCUT2D eigenvalue weighted by Gasteiger charge is -2.07. The largest absolute Gasteiger partial charge is 0.466 e. The number of rotatable bonds is 4. The van der Waals surface area contributed by atoms with Crippen LogP contribution in [0.25, 0.3) is 0 Å². The Labute approximate surface area is 91.8 Å². The molecule has 0 aromatic carbocycles. The van der Waals surface area contributed by atoms with Gasteiger partial charge in [-0.1, -0.05) is 11.6 Å². The summed E-state index contributed by atoms with van der Waals surface area (Å²) in [4.78, 5) is 12.0. The number of carbonyl (C=O) groups is 1. The second-order valence-corrected chi connectivity index (χ2v) is 4.16. The van der Waals surface area contributed by atoms with Crippen molar-refractivity contribution in [2.75, 3.05) is 6.61 Å². The van der Waals surface area contributed by atoms with E-state index in [1.54, 1.807) is 18.4 Å². The van der Waals surface area contributed by atoms with E-state index in [0.717, 1.165) is 4.88 Å². The fourth-order valence-electron chi connectivity index (χ4n) is 1.02. The molecule has 1 rings (SSSR count). The molecule has 1 atom stereocenters. The maximum absolute atomic E-state index is 11.1. The van der Waals surface area contributed by atoms with Crippen molar-refractivity contribution in [3.63, 3.8) is 0 Å². The predicted octanol–water partition coefficient (Wildman–Crippen LogP) is 2.35. The van der Waals surface area contributed by atoms with E-state index >= 15 is 0 Å². The van der Waals surface area contributed by atoms with E-state index < -0.39 is 0 Å². The van der Waals surface area contributed by atoms with Crippen LogP contribution < -0.4 is 5.73 Å². The van der Waals surface area contributed by atoms with Crippen LogP contribution in [0.1, 0.15) is 24.3 Å². The van der Waals surface area contributed by atoms with Gasteiger partial charge in [0.05, 0.1) is 18.1 Å². The highest BCUT2D eigenvalue weighted by Gasteiger charge is 2.13. The molecule has 0 saturated heterocycles. The highest BCUT2D eigenvalue weighted by Crippen LogP contribution is 2.25. The molecule has 0 amide bonds. The molecule has 0 unspecified atom stereocenters. The van der Waals surface area contributed by atoms with Crippen molar-refractivity contribution in [1.29, 1.82) is 0 Å². The third-order valence-electron chi connectivity index (χ3n) is 1.65. The van der Waals surface area contributed by atoms with Crippen LogP contribution in [0.2, 0.25) is 5.02 Å². The van der Waals surface area contributed by atoms with Crippen LogP contribution in [-0.2, 0) is 9.53 Å². The Morgan fingerprint density at radius 2 is 2.50 bits per heavy atom. The Bertz CT molecular complexity index is 314. The lowest BCUT2D eigenvalue weighted by Crippen LogP contribution is -2.16. The van der Waals surface area contributed by atoms with E-state index in [-0.39, 0.29) is 18.4 Å². The van der Waals surface area contributed by atoms with Crippen molar-refractivity contribution in [1.82, 2.24) is 0 Å². The van der Waals surface area contributed by atoms with Gasteiger partial charge in [-0.2, -0.15) is 0 Å². The van der Waals surface area contributed by atoms with Crippen LogP contribution in [0.3, 0.4) is 0 Å². The summed E-state index contributed by atoms with van der Waals surface area (Å²) < 4.78 is 4.79. The number of thiophene rings is 1. The van der Waals surface area contributed by atoms with Gasteiger partial charge in [0.2, 0.25) is 0 Å². The second-order valence-electron chi connectivity index (χ2n) is 2.78. The summed E-state index contributed by atoms with van der Waals surface area (Å²) in [6.07, 6.45) is 0.199. The van der Waals surface area contributed by atoms with E-state index in [4.69, 9.17) is 22.1 Å². The van der Waals surface area contributed by atoms with Gasteiger partial charge in [-0.3, -0.25) is 4.79 Å². The van der Waals surface area contributed by atoms with Crippen molar-refractivity contribution in [2.45, 2.75) is 19.4 Å². The van der Waals surface area contributed by atoms with Crippen molar-refractivity contribution in [3.8, 4) is 0 Å². The van der Waals surface area contributed by atoms with Crippen molar-refractivity contribution in [3.05, 3.63) is 21.3 Å². The van der Waals surface area contributed by atoms with Crippen LogP contribution in [0.5, 0.6) is 0 Å². The van der Waals surface area contributed by atoms with E-state index in [0.29, 0.717) is 11.6 Å². The Kier molecular flexibility index (Phi) is 4.38. The fraction of sp³-hybridized carbons (Fsp3) is 0.444. The summed E-state index contributed by atoms with van der Waals surface area (Å²) in [6.45, 7) is 2.15. The molecule has 1 aromatic heterocycles. The van der Waals surface area contributed by atoms with Crippen LogP contribution in [0.4, 0.5) is 0 Å². The first kappa shape index (κ1) is 11.5. The number of hydrogen-bond donors (Lipinski definition) is 1. The van der Waals surface area contributed by atoms with Crippen LogP contribution in [0.15, 0.2) is 11.4 Å². The normalized spacial score (nSPS) is 12.5. The number of ether oxygens (including phenoxy) is 1. The summed E-state index contributed by atoms with van der Waals surface area (Å²) in [7, 11) is 0. The minimum atomic E-state index is -0.313. The number of hydrogen-bond acceptors (Lipinski definition) is 4. The molecule has 1 heterocycles. The second kappa shape index (κ2) is 5.34. The molecule has 0 bridgehead atoms. The predicted molar refractivity (Wildman–Crippen MR) is 57.5 cm³/mol. The fourth-order valence-corrected chi connectivity index (χ4v) is 2.11. The zero-order valence-corrected chi connectivity index (χ0v) is 9.40. The van der Waals surface area contributed by atoms with E-state index in [1.807, 2.05) is 0 Å². The van der Waals surface area contributed by atoms with Gasteiger partial charge in [0, 0.05) is 16.3 Å². The first-order valence-electron chi connectivity index (χ1n) is 4.28. The standard InChI is InChI=1S/C9H12ClNO2S/c1-2-13-9(12)4-7(11)8-3-6(10)5-14-8/h3,5,7H,2,4,11H2,1H3/t7-/m0/s1. The van der Waals surface area contributed by atoms with Gasteiger partial charge in [0.1, 0.15) is 0 Å². The van der Waals surface area contributed by atoms with Gasteiger partial charge < -0.3 is 10.5 Å². The maximum Gasteiger partial charge on any atom is 0.307 e. The van der Waals surface area contributed by atoms with Gasteiger partial charge in [0.15, 0.2) is 0 Å². The highest BCUT2D eigenvalue weighted by atomic mass is 35.5. The maximum atomic E-state index is 11.1. The van der Waals surface area contributed by atoms with Crippen LogP contribution >= 0.6 is 22.9 Å².